The van der Waals surface area contributed by atoms with Crippen LogP contribution < -0.4 is 27.0 Å². The maximum atomic E-state index is 15.0. The number of hydrogen-bond donors (Lipinski definition) is 5. The number of primary amides is 1. The van der Waals surface area contributed by atoms with Crippen molar-refractivity contribution in [3.8, 4) is 0 Å². The minimum atomic E-state index is -1.48. The van der Waals surface area contributed by atoms with E-state index in [9.17, 15) is 57.5 Å². The molecule has 4 aliphatic rings. The summed E-state index contributed by atoms with van der Waals surface area (Å²) in [4.78, 5) is 182. The Morgan fingerprint density at radius 2 is 1.29 bits per heavy atom. The van der Waals surface area contributed by atoms with Crippen LogP contribution >= 0.6 is 45.1 Å². The van der Waals surface area contributed by atoms with Crippen molar-refractivity contribution in [3.05, 3.63) is 158 Å². The highest BCUT2D eigenvalue weighted by molar-refractivity contribution is 8.77. The molecule has 0 radical (unpaired) electrons. The molecular weight excluding hydrogens is 1520 g/mol. The van der Waals surface area contributed by atoms with Gasteiger partial charge in [-0.15, -0.1) is 11.8 Å². The number of alkyl carbamates (subject to hydrolysis) is 1. The van der Waals surface area contributed by atoms with Crippen LogP contribution in [0.3, 0.4) is 0 Å². The number of hydrogen-bond acceptors (Lipinski definition) is 22. The molecule has 0 aromatic heterocycles. The first-order valence-corrected chi connectivity index (χ1v) is 41.9. The number of Topliss-reactive ketones (excluding diaryl/α,β-unsaturated/α-hetero) is 2. The number of likely N-dealkylation sites (tertiary alicyclic amines) is 2. The molecule has 3 aliphatic heterocycles. The van der Waals surface area contributed by atoms with E-state index in [2.05, 4.69) is 41.3 Å². The lowest BCUT2D eigenvalue weighted by Crippen LogP contribution is -2.54. The Morgan fingerprint density at radius 1 is 0.670 bits per heavy atom. The highest BCUT2D eigenvalue weighted by Gasteiger charge is 2.42. The summed E-state index contributed by atoms with van der Waals surface area (Å²) in [6.45, 7) is 5.89. The van der Waals surface area contributed by atoms with E-state index >= 15 is 0 Å². The molecule has 6 N–H and O–H groups in total. The van der Waals surface area contributed by atoms with E-state index in [1.807, 2.05) is 100 Å². The fraction of sp³-hybridized carbons (Fsp3) is 0.513. The van der Waals surface area contributed by atoms with Crippen molar-refractivity contribution in [2.75, 3.05) is 64.3 Å². The summed E-state index contributed by atoms with van der Waals surface area (Å²) < 4.78 is 16.7. The van der Waals surface area contributed by atoms with Crippen molar-refractivity contribution in [1.29, 1.82) is 0 Å². The van der Waals surface area contributed by atoms with E-state index in [-0.39, 0.29) is 106 Å². The second kappa shape index (κ2) is 44.6. The van der Waals surface area contributed by atoms with Crippen LogP contribution in [0.25, 0.3) is 26.5 Å². The molecule has 4 aromatic rings. The zero-order chi connectivity index (χ0) is 80.7. The molecule has 4 aromatic carbocycles. The van der Waals surface area contributed by atoms with Crippen molar-refractivity contribution in [2.24, 2.45) is 27.8 Å². The first-order chi connectivity index (χ1) is 53.8. The van der Waals surface area contributed by atoms with Gasteiger partial charge in [0.1, 0.15) is 43.4 Å². The van der Waals surface area contributed by atoms with Crippen LogP contribution in [0.15, 0.2) is 119 Å². The highest BCUT2D eigenvalue weighted by atomic mass is 33.1. The molecule has 8 amide bonds. The second-order valence-electron chi connectivity index (χ2n) is 29.0. The SMILES string of the molecule is CN(C)CCCC[C@H](CC(=O)[C@H](CSSC(C)(C)C)NC(=O)OCc1ccc(N=[N+]=[N-])cc1)C(=O)N[C@@H](CC1=CCc2ccccc21)C(=O)OCC(=O)N1CCC[C@H]1C(=O)C[C@@H](CCCCNC(=O)C1CSCN1C(=O)OCc1ccc(N=[N+]=[N-])cc1)C(=O)NC(CC(=O)SCc1ccccc1)C(=O)N1CCC[C@H]1C(N)=O. The van der Waals surface area contributed by atoms with Crippen LogP contribution in [-0.2, 0) is 87.5 Å². The van der Waals surface area contributed by atoms with E-state index in [0.29, 0.717) is 66.9 Å². The number of nitrogens with zero attached hydrogens (tertiary/aromatic N) is 10. The molecule has 0 bridgehead atoms. The monoisotopic (exact) mass is 1610 g/mol. The zero-order valence-corrected chi connectivity index (χ0v) is 67.0. The van der Waals surface area contributed by atoms with Gasteiger partial charge in [-0.05, 0) is 123 Å². The van der Waals surface area contributed by atoms with Gasteiger partial charge >= 0.3 is 18.2 Å². The second-order valence-corrected chi connectivity index (χ2v) is 34.2. The van der Waals surface area contributed by atoms with Gasteiger partial charge in [-0.2, -0.15) is 0 Å². The lowest BCUT2D eigenvalue weighted by Gasteiger charge is -2.29. The Kier molecular flexibility index (Phi) is 35.1. The molecule has 600 valence electrons. The maximum absolute atomic E-state index is 15.0. The number of carbonyl (C=O) groups is 12. The first kappa shape index (κ1) is 88.0. The number of rotatable bonds is 42. The Labute approximate surface area is 668 Å². The number of esters is 1. The molecule has 30 nitrogen and oxygen atoms in total. The van der Waals surface area contributed by atoms with E-state index in [1.165, 1.54) is 48.0 Å². The summed E-state index contributed by atoms with van der Waals surface area (Å²) in [7, 11) is 6.71. The topological polar surface area (TPSA) is 417 Å². The van der Waals surface area contributed by atoms with Gasteiger partial charge in [0, 0.05) is 100 Å². The van der Waals surface area contributed by atoms with Crippen molar-refractivity contribution < 1.29 is 71.7 Å². The van der Waals surface area contributed by atoms with Crippen molar-refractivity contribution >= 4 is 132 Å². The van der Waals surface area contributed by atoms with Crippen molar-refractivity contribution in [3.63, 3.8) is 0 Å². The van der Waals surface area contributed by atoms with Crippen LogP contribution in [0.2, 0.25) is 0 Å². The number of allylic oxidation sites excluding steroid dienone is 1. The number of ketones is 2. The largest absolute Gasteiger partial charge is 0.454 e. The van der Waals surface area contributed by atoms with Crippen LogP contribution in [0.1, 0.15) is 138 Å². The number of ether oxygens (including phenoxy) is 3. The molecule has 3 saturated heterocycles. The lowest BCUT2D eigenvalue weighted by atomic mass is 9.91. The summed E-state index contributed by atoms with van der Waals surface area (Å²) in [6, 6.07) is 22.7. The third-order valence-electron chi connectivity index (χ3n) is 19.2. The van der Waals surface area contributed by atoms with Gasteiger partial charge in [-0.25, -0.2) is 14.4 Å². The Bertz CT molecular complexity index is 4100. The van der Waals surface area contributed by atoms with Gasteiger partial charge in [0.2, 0.25) is 29.5 Å². The number of azide groups is 2. The minimum absolute atomic E-state index is 0.0130. The number of carbonyl (C=O) groups excluding carboxylic acids is 12. The van der Waals surface area contributed by atoms with Crippen molar-refractivity contribution in [2.45, 2.75) is 177 Å². The van der Waals surface area contributed by atoms with E-state index < -0.39 is 138 Å². The predicted molar refractivity (Wildman–Crippen MR) is 430 cm³/mol. The van der Waals surface area contributed by atoms with E-state index in [4.69, 9.17) is 31.0 Å². The quantitative estimate of drug-likeness (QED) is 0.00523. The molecule has 2 unspecified atom stereocenters. The van der Waals surface area contributed by atoms with E-state index in [0.717, 1.165) is 34.0 Å². The predicted octanol–water partition coefficient (Wildman–Crippen LogP) is 11.1. The Hall–Kier alpha value is -9.56. The number of nitrogens with two attached hydrogens (primary N) is 1. The van der Waals surface area contributed by atoms with Gasteiger partial charge < -0.3 is 55.9 Å². The fourth-order valence-corrected chi connectivity index (χ4v) is 17.8. The summed E-state index contributed by atoms with van der Waals surface area (Å²) in [5.74, 6) is -7.29. The van der Waals surface area contributed by atoms with Crippen LogP contribution in [0.4, 0.5) is 21.0 Å². The molecule has 1 aliphatic carbocycles. The normalized spacial score (nSPS) is 17.1. The summed E-state index contributed by atoms with van der Waals surface area (Å²) >= 11 is 2.31. The zero-order valence-electron chi connectivity index (χ0n) is 63.7. The summed E-state index contributed by atoms with van der Waals surface area (Å²) in [5, 5.41) is 18.0. The average molecular weight is 1620 g/mol. The maximum Gasteiger partial charge on any atom is 0.411 e. The van der Waals surface area contributed by atoms with Crippen molar-refractivity contribution in [1.82, 2.24) is 40.9 Å². The molecule has 0 spiro atoms. The average Bonchev–Trinajstić information content (AvgIpc) is 1.66. The van der Waals surface area contributed by atoms with Gasteiger partial charge in [-0.1, -0.05) is 186 Å². The lowest BCUT2D eigenvalue weighted by molar-refractivity contribution is -0.155. The fourth-order valence-electron chi connectivity index (χ4n) is 13.3. The van der Waals surface area contributed by atoms with Crippen LogP contribution in [-0.4, -0.2) is 195 Å². The van der Waals surface area contributed by atoms with Gasteiger partial charge in [0.25, 0.3) is 5.91 Å². The number of unbranched alkanes of at least 4 members (excludes halogenated alkanes) is 2. The number of amides is 8. The molecule has 112 heavy (non-hydrogen) atoms. The standard InChI is InChI=1S/C78H99N15O15S4/c1-78(2,3)112-111-47-62(85-76(104)107-43-50-25-31-57(32-26-50)86-88-80)66(94)40-55(21-12-14-36-90(4)5)72(100)84-61(39-54-30-29-53-19-9-10-22-59(53)54)75(103)106-45-68(96)91-37-15-23-63(91)67(95)41-56(20-11-13-35-82-73(101)65-48-109-49-93(65)77(105)108-44-51-27-33-58(34-28-51)87-89-81)71(99)83-60(74(102)92-38-16-24-64(92)70(79)98)42-69(97)110-46-52-17-7-6-8-18-52/h6-10,17-19,22,25-28,30-34,55-56,60-65H,11-16,20-21,23-24,29,35-49H2,1-5H3,(H2,79,98)(H,82,101)(H,83,99)(H,84,100)(H,85,104)/t55-,56-,60?,61+,62+,63+,64+,65?/m1/s1. The molecule has 3 heterocycles. The third-order valence-corrected chi connectivity index (χ3v) is 24.6. The Balaban J connectivity index is 0.967. The molecule has 34 heteroatoms. The molecule has 0 saturated carbocycles. The smallest absolute Gasteiger partial charge is 0.411 e. The van der Waals surface area contributed by atoms with Crippen LogP contribution in [0, 0.1) is 11.8 Å². The van der Waals surface area contributed by atoms with Gasteiger partial charge in [0.05, 0.1) is 11.9 Å². The number of fused-ring (bicyclic) bond motifs is 1. The summed E-state index contributed by atoms with van der Waals surface area (Å²) in [5.41, 5.74) is 28.7. The van der Waals surface area contributed by atoms with Crippen LogP contribution in [0.5, 0.6) is 0 Å². The minimum Gasteiger partial charge on any atom is -0.454 e. The van der Waals surface area contributed by atoms with E-state index in [1.54, 1.807) is 48.5 Å². The number of benzene rings is 4. The molecule has 3 fully saturated rings. The van der Waals surface area contributed by atoms with Gasteiger partial charge in [-0.3, -0.25) is 48.1 Å². The summed E-state index contributed by atoms with van der Waals surface area (Å²) in [6.07, 6.45) is 2.75. The Morgan fingerprint density at radius 3 is 1.94 bits per heavy atom. The molecule has 8 atom stereocenters. The highest BCUT2D eigenvalue weighted by Crippen LogP contribution is 2.37. The third kappa shape index (κ3) is 28.0. The number of nitrogens with one attached hydrogen (secondary N) is 4. The molecular formula is C78H99N15O15S4. The van der Waals surface area contributed by atoms with Gasteiger partial charge in [0.15, 0.2) is 23.3 Å². The number of thioether (sulfide) groups is 2. The first-order valence-electron chi connectivity index (χ1n) is 37.4. The molecule has 8 rings (SSSR count).